The van der Waals surface area contributed by atoms with Crippen LogP contribution in [-0.4, -0.2) is 24.7 Å². The molecule has 0 bridgehead atoms. The van der Waals surface area contributed by atoms with Crippen LogP contribution in [0.15, 0.2) is 76.2 Å². The molecule has 0 spiro atoms. The maximum atomic E-state index is 12.7. The van der Waals surface area contributed by atoms with Crippen LogP contribution in [0.3, 0.4) is 0 Å². The third kappa shape index (κ3) is 4.06. The highest BCUT2D eigenvalue weighted by atomic mass is 32.2. The van der Waals surface area contributed by atoms with Gasteiger partial charge in [0.05, 0.1) is 5.56 Å². The number of pyridine rings is 1. The highest BCUT2D eigenvalue weighted by Gasteiger charge is 2.34. The molecule has 0 aliphatic heterocycles. The standard InChI is InChI=1S/C19H11F3N2O5S/c20-19(21,22)28-14-8-3-4-10-16(14)30(25,26)29-13-7-2-1-6-12(13)18-24-17-15(27-18)9-5-11-23-17/h1-11H. The van der Waals surface area contributed by atoms with Crippen molar-refractivity contribution in [3.63, 3.8) is 0 Å². The summed E-state index contributed by atoms with van der Waals surface area (Å²) in [5.41, 5.74) is 0.844. The number of alkyl halides is 3. The highest BCUT2D eigenvalue weighted by Crippen LogP contribution is 2.35. The number of aromatic nitrogens is 2. The van der Waals surface area contributed by atoms with E-state index in [1.54, 1.807) is 18.2 Å². The molecule has 154 valence electrons. The lowest BCUT2D eigenvalue weighted by Gasteiger charge is -2.14. The molecule has 30 heavy (non-hydrogen) atoms. The van der Waals surface area contributed by atoms with E-state index < -0.39 is 27.1 Å². The predicted molar refractivity (Wildman–Crippen MR) is 98.2 cm³/mol. The molecule has 7 nitrogen and oxygen atoms in total. The molecule has 2 aromatic heterocycles. The molecule has 0 radical (unpaired) electrons. The lowest BCUT2D eigenvalue weighted by molar-refractivity contribution is -0.275. The van der Waals surface area contributed by atoms with Crippen molar-refractivity contribution in [3.8, 4) is 23.0 Å². The molecular weight excluding hydrogens is 425 g/mol. The Labute approximate surface area is 167 Å². The van der Waals surface area contributed by atoms with Crippen LogP contribution in [0.5, 0.6) is 11.5 Å². The molecule has 0 N–H and O–H groups in total. The number of nitrogens with zero attached hydrogens (tertiary/aromatic N) is 2. The van der Waals surface area contributed by atoms with Crippen molar-refractivity contribution >= 4 is 21.3 Å². The Bertz CT molecular complexity index is 1290. The second kappa shape index (κ2) is 7.34. The zero-order valence-electron chi connectivity index (χ0n) is 14.8. The molecule has 0 saturated carbocycles. The van der Waals surface area contributed by atoms with Crippen LogP contribution >= 0.6 is 0 Å². The van der Waals surface area contributed by atoms with Gasteiger partial charge < -0.3 is 13.3 Å². The number of para-hydroxylation sites is 2. The topological polar surface area (TPSA) is 91.5 Å². The predicted octanol–water partition coefficient (Wildman–Crippen LogP) is 4.56. The quantitative estimate of drug-likeness (QED) is 0.424. The van der Waals surface area contributed by atoms with E-state index in [1.807, 2.05) is 0 Å². The summed E-state index contributed by atoms with van der Waals surface area (Å²) in [5, 5.41) is 0. The third-order valence-electron chi connectivity index (χ3n) is 3.83. The number of rotatable bonds is 5. The second-order valence-electron chi connectivity index (χ2n) is 5.87. The highest BCUT2D eigenvalue weighted by molar-refractivity contribution is 7.87. The minimum Gasteiger partial charge on any atom is -0.434 e. The smallest absolute Gasteiger partial charge is 0.434 e. The average Bonchev–Trinajstić information content (AvgIpc) is 3.11. The molecule has 0 fully saturated rings. The monoisotopic (exact) mass is 436 g/mol. The van der Waals surface area contributed by atoms with Gasteiger partial charge in [0.15, 0.2) is 22.7 Å². The minimum absolute atomic E-state index is 0.0364. The first-order valence-electron chi connectivity index (χ1n) is 8.33. The van der Waals surface area contributed by atoms with Gasteiger partial charge in [-0.05, 0) is 36.4 Å². The fourth-order valence-corrected chi connectivity index (χ4v) is 3.70. The Morgan fingerprint density at radius 2 is 1.60 bits per heavy atom. The van der Waals surface area contributed by atoms with Gasteiger partial charge in [-0.25, -0.2) is 4.98 Å². The summed E-state index contributed by atoms with van der Waals surface area (Å²) in [6, 6.07) is 13.5. The molecule has 4 rings (SSSR count). The SMILES string of the molecule is O=S(=O)(Oc1ccccc1-c1nc2ncccc2o1)c1ccccc1OC(F)(F)F. The van der Waals surface area contributed by atoms with Crippen molar-refractivity contribution in [1.29, 1.82) is 0 Å². The van der Waals surface area contributed by atoms with Gasteiger partial charge in [0.25, 0.3) is 0 Å². The van der Waals surface area contributed by atoms with Crippen molar-refractivity contribution in [2.24, 2.45) is 0 Å². The normalized spacial score (nSPS) is 12.1. The van der Waals surface area contributed by atoms with E-state index in [1.165, 1.54) is 36.5 Å². The molecule has 0 aliphatic rings. The first kappa shape index (κ1) is 19.7. The molecule has 4 aromatic rings. The Hall–Kier alpha value is -3.60. The first-order valence-corrected chi connectivity index (χ1v) is 9.74. The molecule has 2 heterocycles. The maximum Gasteiger partial charge on any atom is 0.573 e. The van der Waals surface area contributed by atoms with Crippen molar-refractivity contribution < 1.29 is 34.9 Å². The zero-order chi connectivity index (χ0) is 21.4. The van der Waals surface area contributed by atoms with Gasteiger partial charge in [-0.3, -0.25) is 0 Å². The summed E-state index contributed by atoms with van der Waals surface area (Å²) in [5.74, 6) is -1.06. The van der Waals surface area contributed by atoms with Crippen molar-refractivity contribution in [2.75, 3.05) is 0 Å². The number of hydrogen-bond acceptors (Lipinski definition) is 7. The molecule has 0 saturated heterocycles. The number of fused-ring (bicyclic) bond motifs is 1. The Morgan fingerprint density at radius 3 is 2.33 bits per heavy atom. The summed E-state index contributed by atoms with van der Waals surface area (Å²) < 4.78 is 77.9. The second-order valence-corrected chi connectivity index (χ2v) is 7.39. The Morgan fingerprint density at radius 1 is 0.900 bits per heavy atom. The largest absolute Gasteiger partial charge is 0.573 e. The molecule has 0 unspecified atom stereocenters. The number of oxazole rings is 1. The molecular formula is C19H11F3N2O5S. The lowest BCUT2D eigenvalue weighted by atomic mass is 10.2. The van der Waals surface area contributed by atoms with E-state index in [2.05, 4.69) is 14.7 Å². The fraction of sp³-hybridized carbons (Fsp3) is 0.0526. The Balaban J connectivity index is 1.74. The van der Waals surface area contributed by atoms with Crippen LogP contribution in [-0.2, 0) is 10.1 Å². The van der Waals surface area contributed by atoms with Crippen LogP contribution in [0.2, 0.25) is 0 Å². The molecule has 11 heteroatoms. The minimum atomic E-state index is -5.07. The van der Waals surface area contributed by atoms with Crippen LogP contribution in [0, 0.1) is 0 Å². The fourth-order valence-electron chi connectivity index (χ4n) is 2.63. The lowest BCUT2D eigenvalue weighted by Crippen LogP contribution is -2.20. The van der Waals surface area contributed by atoms with Crippen molar-refractivity contribution in [3.05, 3.63) is 66.9 Å². The van der Waals surface area contributed by atoms with Gasteiger partial charge in [0.1, 0.15) is 4.90 Å². The van der Waals surface area contributed by atoms with Crippen LogP contribution < -0.4 is 8.92 Å². The van der Waals surface area contributed by atoms with Gasteiger partial charge in [0, 0.05) is 6.20 Å². The average molecular weight is 436 g/mol. The van der Waals surface area contributed by atoms with Gasteiger partial charge in [0.2, 0.25) is 5.89 Å². The molecule has 2 aromatic carbocycles. The maximum absolute atomic E-state index is 12.7. The van der Waals surface area contributed by atoms with E-state index in [-0.39, 0.29) is 17.2 Å². The molecule has 0 aliphatic carbocycles. The van der Waals surface area contributed by atoms with Gasteiger partial charge >= 0.3 is 16.5 Å². The van der Waals surface area contributed by atoms with E-state index in [9.17, 15) is 21.6 Å². The van der Waals surface area contributed by atoms with E-state index >= 15 is 0 Å². The molecule has 0 amide bonds. The van der Waals surface area contributed by atoms with E-state index in [4.69, 9.17) is 8.60 Å². The van der Waals surface area contributed by atoms with E-state index in [0.29, 0.717) is 11.2 Å². The number of benzene rings is 2. The van der Waals surface area contributed by atoms with Gasteiger partial charge in [-0.15, -0.1) is 13.2 Å². The molecule has 0 atom stereocenters. The zero-order valence-corrected chi connectivity index (χ0v) is 15.6. The van der Waals surface area contributed by atoms with Crippen LogP contribution in [0.4, 0.5) is 13.2 Å². The number of halogens is 3. The summed E-state index contributed by atoms with van der Waals surface area (Å²) in [4.78, 5) is 7.44. The summed E-state index contributed by atoms with van der Waals surface area (Å²) >= 11 is 0. The van der Waals surface area contributed by atoms with Crippen LogP contribution in [0.25, 0.3) is 22.7 Å². The number of hydrogen-bond donors (Lipinski definition) is 0. The third-order valence-corrected chi connectivity index (χ3v) is 5.10. The first-order chi connectivity index (χ1) is 14.2. The summed E-state index contributed by atoms with van der Waals surface area (Å²) in [6.45, 7) is 0. The number of ether oxygens (including phenoxy) is 1. The van der Waals surface area contributed by atoms with Gasteiger partial charge in [-0.1, -0.05) is 24.3 Å². The van der Waals surface area contributed by atoms with E-state index in [0.717, 1.165) is 12.1 Å². The van der Waals surface area contributed by atoms with Crippen LogP contribution in [0.1, 0.15) is 0 Å². The Kier molecular flexibility index (Phi) is 4.82. The summed E-state index contributed by atoms with van der Waals surface area (Å²) in [6.07, 6.45) is -3.56. The van der Waals surface area contributed by atoms with Crippen molar-refractivity contribution in [1.82, 2.24) is 9.97 Å². The summed E-state index contributed by atoms with van der Waals surface area (Å²) in [7, 11) is -4.69. The van der Waals surface area contributed by atoms with Gasteiger partial charge in [-0.2, -0.15) is 13.4 Å². The van der Waals surface area contributed by atoms with Crippen molar-refractivity contribution in [2.45, 2.75) is 11.3 Å².